The number of ether oxygens (including phenoxy) is 1. The molecule has 5 heteroatoms. The molecule has 0 saturated heterocycles. The fourth-order valence-corrected chi connectivity index (χ4v) is 0.280. The van der Waals surface area contributed by atoms with Crippen molar-refractivity contribution < 1.29 is 26.4 Å². The summed E-state index contributed by atoms with van der Waals surface area (Å²) in [5.74, 6) is 0. The van der Waals surface area contributed by atoms with Gasteiger partial charge < -0.3 is 27.4 Å². The van der Waals surface area contributed by atoms with Crippen molar-refractivity contribution in [1.29, 1.82) is 0 Å². The lowest BCUT2D eigenvalue weighted by atomic mass is 10.7. The first-order chi connectivity index (χ1) is 4.42. The topological polar surface area (TPSA) is 52.3 Å². The van der Waals surface area contributed by atoms with E-state index in [9.17, 15) is 4.79 Å². The Morgan fingerprint density at radius 2 is 1.91 bits per heavy atom. The van der Waals surface area contributed by atoms with Crippen molar-refractivity contribution in [2.75, 3.05) is 21.1 Å². The largest absolute Gasteiger partial charge is 1.00 e. The Balaban J connectivity index is 0. The molecule has 2 N–H and O–H groups in total. The number of carbonyl (C=O) groups excluding carboxylic acids is 1. The predicted octanol–water partition coefficient (Wildman–Crippen LogP) is -2.74. The van der Waals surface area contributed by atoms with Gasteiger partial charge in [0.15, 0.2) is 0 Å². The normalized spacial score (nSPS) is 10.8. The van der Waals surface area contributed by atoms with Crippen LogP contribution >= 0.6 is 0 Å². The summed E-state index contributed by atoms with van der Waals surface area (Å²) in [6, 6.07) is 0. The molecule has 4 nitrogen and oxygen atoms in total. The molecule has 0 unspecified atom stereocenters. The smallest absolute Gasteiger partial charge is 0.409 e. The Morgan fingerprint density at radius 3 is 2.18 bits per heavy atom. The quantitative estimate of drug-likeness (QED) is 0.371. The number of quaternary nitrogens is 1. The highest BCUT2D eigenvalue weighted by molar-refractivity contribution is 5.65. The summed E-state index contributed by atoms with van der Waals surface area (Å²) in [6.45, 7) is 0. The van der Waals surface area contributed by atoms with E-state index in [0.29, 0.717) is 4.48 Å². The lowest BCUT2D eigenvalue weighted by Gasteiger charge is -2.16. The minimum Gasteiger partial charge on any atom is -1.00 e. The highest BCUT2D eigenvalue weighted by Crippen LogP contribution is 1.90. The van der Waals surface area contributed by atoms with Crippen molar-refractivity contribution in [3.05, 3.63) is 12.5 Å². The van der Waals surface area contributed by atoms with Crippen molar-refractivity contribution >= 4 is 6.09 Å². The molecule has 0 radical (unpaired) electrons. The number of carbonyl (C=O) groups is 1. The van der Waals surface area contributed by atoms with E-state index in [1.807, 2.05) is 21.1 Å². The second kappa shape index (κ2) is 4.98. The van der Waals surface area contributed by atoms with Crippen LogP contribution in [0, 0.1) is 0 Å². The number of nitrogens with two attached hydrogens (primary N) is 1. The average molecular weight is 181 g/mol. The van der Waals surface area contributed by atoms with Gasteiger partial charge in [-0.3, -0.25) is 0 Å². The number of halogens is 1. The zero-order valence-corrected chi connectivity index (χ0v) is 7.63. The number of amides is 1. The van der Waals surface area contributed by atoms with E-state index < -0.39 is 6.09 Å². The molecule has 0 saturated carbocycles. The molecule has 0 aromatic carbocycles. The number of nitrogens with zero attached hydrogens (tertiary/aromatic N) is 1. The summed E-state index contributed by atoms with van der Waals surface area (Å²) in [6.07, 6.45) is 2.19. The molecule has 0 aliphatic heterocycles. The van der Waals surface area contributed by atoms with Gasteiger partial charge in [-0.25, -0.2) is 4.79 Å². The Bertz CT molecular complexity index is 151. The molecule has 0 atom stereocenters. The molecule has 0 aromatic rings. The Kier molecular flexibility index (Phi) is 5.84. The van der Waals surface area contributed by atoms with Crippen LogP contribution in [-0.2, 0) is 4.74 Å². The van der Waals surface area contributed by atoms with Crippen LogP contribution in [-0.4, -0.2) is 31.7 Å². The minimum absolute atomic E-state index is 0. The number of hydrogen-bond acceptors (Lipinski definition) is 2. The van der Waals surface area contributed by atoms with Crippen molar-refractivity contribution in [2.24, 2.45) is 5.73 Å². The van der Waals surface area contributed by atoms with Crippen LogP contribution in [0.2, 0.25) is 0 Å². The van der Waals surface area contributed by atoms with Crippen LogP contribution in [0.1, 0.15) is 0 Å². The summed E-state index contributed by atoms with van der Waals surface area (Å²) >= 11 is 0. The molecule has 11 heavy (non-hydrogen) atoms. The zero-order valence-electron chi connectivity index (χ0n) is 6.87. The van der Waals surface area contributed by atoms with E-state index in [1.54, 1.807) is 6.20 Å². The Hall–Kier alpha value is -0.740. The molecule has 0 aliphatic rings. The third kappa shape index (κ3) is 12.5. The highest BCUT2D eigenvalue weighted by atomic mass is 35.5. The van der Waals surface area contributed by atoms with E-state index in [4.69, 9.17) is 5.73 Å². The molecule has 0 bridgehead atoms. The third-order valence-corrected chi connectivity index (χ3v) is 0.692. The van der Waals surface area contributed by atoms with Gasteiger partial charge >= 0.3 is 6.09 Å². The second-order valence-corrected chi connectivity index (χ2v) is 2.84. The van der Waals surface area contributed by atoms with Crippen LogP contribution < -0.4 is 18.1 Å². The second-order valence-electron chi connectivity index (χ2n) is 2.84. The van der Waals surface area contributed by atoms with Crippen LogP contribution in [0.5, 0.6) is 0 Å². The first kappa shape index (κ1) is 12.9. The van der Waals surface area contributed by atoms with Gasteiger partial charge in [-0.15, -0.1) is 0 Å². The van der Waals surface area contributed by atoms with Crippen LogP contribution in [0.25, 0.3) is 0 Å². The Morgan fingerprint density at radius 1 is 1.45 bits per heavy atom. The number of primary amides is 1. The molecular weight excluding hydrogens is 168 g/mol. The number of hydrogen-bond donors (Lipinski definition) is 1. The summed E-state index contributed by atoms with van der Waals surface area (Å²) in [4.78, 5) is 10.0. The van der Waals surface area contributed by atoms with Gasteiger partial charge in [0.05, 0.1) is 21.1 Å². The SMILES string of the molecule is C[N+](C)(C)C=COC(N)=O.[Cl-]. The van der Waals surface area contributed by atoms with Crippen LogP contribution in [0.4, 0.5) is 4.79 Å². The molecule has 0 fully saturated rings. The van der Waals surface area contributed by atoms with Crippen molar-refractivity contribution in [2.45, 2.75) is 0 Å². The van der Waals surface area contributed by atoms with Gasteiger partial charge in [0.25, 0.3) is 0 Å². The summed E-state index contributed by atoms with van der Waals surface area (Å²) < 4.78 is 4.95. The highest BCUT2D eigenvalue weighted by Gasteiger charge is 1.99. The van der Waals surface area contributed by atoms with E-state index >= 15 is 0 Å². The Labute approximate surface area is 72.6 Å². The minimum atomic E-state index is -0.787. The van der Waals surface area contributed by atoms with Gasteiger partial charge in [-0.2, -0.15) is 0 Å². The van der Waals surface area contributed by atoms with Crippen molar-refractivity contribution in [3.8, 4) is 0 Å². The lowest BCUT2D eigenvalue weighted by Crippen LogP contribution is -3.00. The van der Waals surface area contributed by atoms with Crippen molar-refractivity contribution in [3.63, 3.8) is 0 Å². The fraction of sp³-hybridized carbons (Fsp3) is 0.500. The maximum absolute atomic E-state index is 10.0. The summed E-state index contributed by atoms with van der Waals surface area (Å²) in [5.41, 5.74) is 4.70. The van der Waals surface area contributed by atoms with Gasteiger partial charge in [-0.05, 0) is 0 Å². The standard InChI is InChI=1S/C6H12N2O2.ClH/c1-8(2,3)4-5-10-6(7)9;/h4-5H,1-3H3,(H-,7,9);1H. The average Bonchev–Trinajstić information content (AvgIpc) is 1.59. The molecule has 0 spiro atoms. The van der Waals surface area contributed by atoms with Crippen molar-refractivity contribution in [1.82, 2.24) is 0 Å². The first-order valence-electron chi connectivity index (χ1n) is 2.87. The zero-order chi connectivity index (χ0) is 8.20. The molecule has 66 valence electrons. The monoisotopic (exact) mass is 180 g/mol. The van der Waals surface area contributed by atoms with Gasteiger partial charge in [-0.1, -0.05) is 0 Å². The van der Waals surface area contributed by atoms with E-state index in [1.165, 1.54) is 6.26 Å². The fourth-order valence-electron chi connectivity index (χ4n) is 0.280. The van der Waals surface area contributed by atoms with Crippen LogP contribution in [0.3, 0.4) is 0 Å². The first-order valence-corrected chi connectivity index (χ1v) is 2.87. The van der Waals surface area contributed by atoms with Gasteiger partial charge in [0.2, 0.25) is 0 Å². The predicted molar refractivity (Wildman–Crippen MR) is 37.8 cm³/mol. The molecule has 0 rings (SSSR count). The number of rotatable bonds is 2. The van der Waals surface area contributed by atoms with E-state index in [2.05, 4.69) is 4.74 Å². The van der Waals surface area contributed by atoms with Crippen LogP contribution in [0.15, 0.2) is 12.5 Å². The van der Waals surface area contributed by atoms with E-state index in [0.717, 1.165) is 0 Å². The third-order valence-electron chi connectivity index (χ3n) is 0.692. The van der Waals surface area contributed by atoms with E-state index in [-0.39, 0.29) is 12.4 Å². The lowest BCUT2D eigenvalue weighted by molar-refractivity contribution is -0.817. The molecule has 0 aromatic heterocycles. The maximum Gasteiger partial charge on any atom is 0.409 e. The summed E-state index contributed by atoms with van der Waals surface area (Å²) in [5, 5.41) is 0. The molecule has 1 amide bonds. The summed E-state index contributed by atoms with van der Waals surface area (Å²) in [7, 11) is 5.79. The van der Waals surface area contributed by atoms with Gasteiger partial charge in [0, 0.05) is 0 Å². The van der Waals surface area contributed by atoms with Gasteiger partial charge in [0.1, 0.15) is 12.5 Å². The molecule has 0 heterocycles. The molecular formula is C6H13ClN2O2. The molecule has 0 aliphatic carbocycles. The maximum atomic E-state index is 10.0.